The van der Waals surface area contributed by atoms with E-state index in [0.29, 0.717) is 36.3 Å². The molecule has 8 nitrogen and oxygen atoms in total. The van der Waals surface area contributed by atoms with Crippen LogP contribution in [0.2, 0.25) is 5.02 Å². The van der Waals surface area contributed by atoms with Gasteiger partial charge in [0, 0.05) is 28.7 Å². The van der Waals surface area contributed by atoms with Crippen molar-refractivity contribution in [2.45, 2.75) is 26.2 Å². The number of carbonyl (C=O) groups is 1. The fourth-order valence-electron chi connectivity index (χ4n) is 2.97. The highest BCUT2D eigenvalue weighted by Crippen LogP contribution is 2.31. The lowest BCUT2D eigenvalue weighted by Crippen LogP contribution is -2.42. The number of aromatic amines is 1. The van der Waals surface area contributed by atoms with Crippen LogP contribution in [-0.2, 0) is 27.4 Å². The first kappa shape index (κ1) is 18.8. The van der Waals surface area contributed by atoms with Crippen molar-refractivity contribution in [3.05, 3.63) is 46.4 Å². The maximum atomic E-state index is 12.1. The summed E-state index contributed by atoms with van der Waals surface area (Å²) in [5.74, 6) is 0.966. The predicted molar refractivity (Wildman–Crippen MR) is 101 cm³/mol. The first-order valence-electron chi connectivity index (χ1n) is 8.91. The number of carbonyl (C=O) groups excluding carboxylic acids is 1. The Bertz CT molecular complexity index is 977. The molecule has 9 heteroatoms. The number of rotatable bonds is 6. The van der Waals surface area contributed by atoms with Crippen LogP contribution in [0.5, 0.6) is 5.75 Å². The van der Waals surface area contributed by atoms with Crippen LogP contribution < -0.4 is 10.1 Å². The van der Waals surface area contributed by atoms with E-state index in [1.54, 1.807) is 0 Å². The standard InChI is InChI=1S/C19H20ClN3O5/c1-11-4-14(28-23-11)9-27-17-7-16-12(6-15(17)20)5-13(22-16)8-21-19(24)18-10-25-2-3-26-18/h4-7,18,22H,2-3,8-10H2,1H3,(H,21,24)/t18-/m0/s1. The van der Waals surface area contributed by atoms with Crippen molar-refractivity contribution in [1.29, 1.82) is 0 Å². The zero-order valence-corrected chi connectivity index (χ0v) is 16.0. The van der Waals surface area contributed by atoms with Gasteiger partial charge in [0.1, 0.15) is 12.4 Å². The highest BCUT2D eigenvalue weighted by molar-refractivity contribution is 6.32. The molecule has 0 radical (unpaired) electrons. The van der Waals surface area contributed by atoms with Crippen molar-refractivity contribution >= 4 is 28.4 Å². The summed E-state index contributed by atoms with van der Waals surface area (Å²) in [7, 11) is 0. The molecule has 1 aliphatic rings. The van der Waals surface area contributed by atoms with Gasteiger partial charge < -0.3 is 29.0 Å². The number of hydrogen-bond acceptors (Lipinski definition) is 6. The maximum Gasteiger partial charge on any atom is 0.251 e. The fraction of sp³-hybridized carbons (Fsp3) is 0.368. The van der Waals surface area contributed by atoms with Crippen molar-refractivity contribution in [3.63, 3.8) is 0 Å². The van der Waals surface area contributed by atoms with Crippen LogP contribution in [0, 0.1) is 6.92 Å². The lowest BCUT2D eigenvalue weighted by atomic mass is 10.2. The van der Waals surface area contributed by atoms with Gasteiger partial charge in [-0.2, -0.15) is 0 Å². The van der Waals surface area contributed by atoms with E-state index in [2.05, 4.69) is 15.5 Å². The van der Waals surface area contributed by atoms with Crippen LogP contribution in [0.15, 0.2) is 28.8 Å². The molecule has 0 saturated carbocycles. The van der Waals surface area contributed by atoms with E-state index < -0.39 is 6.10 Å². The lowest BCUT2D eigenvalue weighted by Gasteiger charge is -2.21. The predicted octanol–water partition coefficient (Wildman–Crippen LogP) is 2.73. The summed E-state index contributed by atoms with van der Waals surface area (Å²) in [6, 6.07) is 7.38. The number of benzene rings is 1. The number of hydrogen-bond donors (Lipinski definition) is 2. The normalized spacial score (nSPS) is 17.0. The topological polar surface area (TPSA) is 98.6 Å². The number of halogens is 1. The van der Waals surface area contributed by atoms with Crippen LogP contribution in [0.3, 0.4) is 0 Å². The summed E-state index contributed by atoms with van der Waals surface area (Å²) < 4.78 is 21.5. The third kappa shape index (κ3) is 4.30. The Morgan fingerprint density at radius 2 is 2.25 bits per heavy atom. The molecule has 0 aliphatic carbocycles. The Morgan fingerprint density at radius 1 is 1.36 bits per heavy atom. The molecule has 2 aromatic heterocycles. The van der Waals surface area contributed by atoms with Crippen LogP contribution in [0.1, 0.15) is 17.1 Å². The van der Waals surface area contributed by atoms with Crippen molar-refractivity contribution in [2.24, 2.45) is 0 Å². The first-order chi connectivity index (χ1) is 13.6. The minimum absolute atomic E-state index is 0.192. The fourth-order valence-corrected chi connectivity index (χ4v) is 3.19. The molecule has 1 fully saturated rings. The second-order valence-electron chi connectivity index (χ2n) is 6.54. The molecular formula is C19H20ClN3O5. The van der Waals surface area contributed by atoms with E-state index in [1.807, 2.05) is 31.2 Å². The van der Waals surface area contributed by atoms with Crippen LogP contribution >= 0.6 is 11.6 Å². The Hall–Kier alpha value is -2.55. The van der Waals surface area contributed by atoms with E-state index in [0.717, 1.165) is 22.3 Å². The second kappa shape index (κ2) is 8.22. The number of nitrogens with zero attached hydrogens (tertiary/aromatic N) is 1. The summed E-state index contributed by atoms with van der Waals surface area (Å²) in [5, 5.41) is 8.09. The van der Waals surface area contributed by atoms with Gasteiger partial charge in [-0.05, 0) is 19.1 Å². The number of amides is 1. The van der Waals surface area contributed by atoms with Gasteiger partial charge in [0.2, 0.25) is 0 Å². The molecule has 3 heterocycles. The van der Waals surface area contributed by atoms with Gasteiger partial charge in [-0.1, -0.05) is 16.8 Å². The molecule has 3 aromatic rings. The van der Waals surface area contributed by atoms with Gasteiger partial charge >= 0.3 is 0 Å². The third-order valence-corrected chi connectivity index (χ3v) is 4.63. The first-order valence-corrected chi connectivity index (χ1v) is 9.29. The van der Waals surface area contributed by atoms with Crippen LogP contribution in [0.25, 0.3) is 10.9 Å². The highest BCUT2D eigenvalue weighted by Gasteiger charge is 2.22. The van der Waals surface area contributed by atoms with Gasteiger partial charge in [0.25, 0.3) is 5.91 Å². The van der Waals surface area contributed by atoms with Crippen molar-refractivity contribution in [2.75, 3.05) is 19.8 Å². The Morgan fingerprint density at radius 3 is 3.00 bits per heavy atom. The van der Waals surface area contributed by atoms with Gasteiger partial charge in [-0.15, -0.1) is 0 Å². The van der Waals surface area contributed by atoms with Crippen molar-refractivity contribution < 1.29 is 23.5 Å². The van der Waals surface area contributed by atoms with Gasteiger partial charge in [-0.3, -0.25) is 4.79 Å². The quantitative estimate of drug-likeness (QED) is 0.654. The molecule has 1 atom stereocenters. The zero-order chi connectivity index (χ0) is 19.5. The van der Waals surface area contributed by atoms with Crippen LogP contribution in [-0.4, -0.2) is 42.0 Å². The molecule has 2 N–H and O–H groups in total. The van der Waals surface area contributed by atoms with Gasteiger partial charge in [0.05, 0.1) is 37.1 Å². The summed E-state index contributed by atoms with van der Waals surface area (Å²) in [5.41, 5.74) is 2.50. The van der Waals surface area contributed by atoms with E-state index in [9.17, 15) is 4.79 Å². The molecule has 1 aromatic carbocycles. The van der Waals surface area contributed by atoms with Crippen molar-refractivity contribution in [3.8, 4) is 5.75 Å². The largest absolute Gasteiger partial charge is 0.484 e. The number of H-pyrrole nitrogens is 1. The summed E-state index contributed by atoms with van der Waals surface area (Å²) in [4.78, 5) is 15.4. The molecule has 28 heavy (non-hydrogen) atoms. The number of nitrogens with one attached hydrogen (secondary N) is 2. The van der Waals surface area contributed by atoms with Crippen molar-refractivity contribution in [1.82, 2.24) is 15.5 Å². The third-order valence-electron chi connectivity index (χ3n) is 4.34. The molecule has 1 amide bonds. The molecule has 0 spiro atoms. The number of fused-ring (bicyclic) bond motifs is 1. The van der Waals surface area contributed by atoms with E-state index in [4.69, 9.17) is 30.3 Å². The number of aromatic nitrogens is 2. The number of ether oxygens (including phenoxy) is 3. The molecule has 4 rings (SSSR count). The average Bonchev–Trinajstić information content (AvgIpc) is 3.30. The molecule has 1 aliphatic heterocycles. The molecule has 0 bridgehead atoms. The highest BCUT2D eigenvalue weighted by atomic mass is 35.5. The van der Waals surface area contributed by atoms with E-state index in [1.165, 1.54) is 0 Å². The van der Waals surface area contributed by atoms with E-state index in [-0.39, 0.29) is 19.1 Å². The van der Waals surface area contributed by atoms with Crippen LogP contribution in [0.4, 0.5) is 0 Å². The SMILES string of the molecule is Cc1cc(COc2cc3[nH]c(CNC(=O)[C@@H]4COCCO4)cc3cc2Cl)on1. The molecule has 0 unspecified atom stereocenters. The zero-order valence-electron chi connectivity index (χ0n) is 15.3. The van der Waals surface area contributed by atoms with Gasteiger partial charge in [-0.25, -0.2) is 0 Å². The maximum absolute atomic E-state index is 12.1. The monoisotopic (exact) mass is 405 g/mol. The molecule has 1 saturated heterocycles. The summed E-state index contributed by atoms with van der Waals surface area (Å²) >= 11 is 6.33. The molecule has 148 valence electrons. The molecular weight excluding hydrogens is 386 g/mol. The Balaban J connectivity index is 1.41. The van der Waals surface area contributed by atoms with Gasteiger partial charge in [0.15, 0.2) is 11.9 Å². The minimum Gasteiger partial charge on any atom is -0.484 e. The number of aryl methyl sites for hydroxylation is 1. The Labute approximate surface area is 166 Å². The summed E-state index contributed by atoms with van der Waals surface area (Å²) in [6.45, 7) is 3.66. The smallest absolute Gasteiger partial charge is 0.251 e. The lowest BCUT2D eigenvalue weighted by molar-refractivity contribution is -0.147. The second-order valence-corrected chi connectivity index (χ2v) is 6.95. The summed E-state index contributed by atoms with van der Waals surface area (Å²) in [6.07, 6.45) is -0.563. The minimum atomic E-state index is -0.563. The Kier molecular flexibility index (Phi) is 5.52. The average molecular weight is 406 g/mol. The van der Waals surface area contributed by atoms with E-state index >= 15 is 0 Å².